The molecule has 6 nitrogen and oxygen atoms in total. The van der Waals surface area contributed by atoms with Crippen molar-refractivity contribution in [2.45, 2.75) is 30.7 Å². The molecule has 0 radical (unpaired) electrons. The number of nitrogens with two attached hydrogens (primary N) is 1. The van der Waals surface area contributed by atoms with Crippen LogP contribution in [-0.4, -0.2) is 24.4 Å². The Balaban J connectivity index is 1.65. The van der Waals surface area contributed by atoms with E-state index >= 15 is 0 Å². The van der Waals surface area contributed by atoms with E-state index in [0.717, 1.165) is 40.8 Å². The Kier molecular flexibility index (Phi) is 4.41. The number of sulfonamides is 1. The van der Waals surface area contributed by atoms with Crippen LogP contribution in [0.3, 0.4) is 0 Å². The molecular weight excluding hydrogens is 360 g/mol. The molecule has 138 valence electrons. The van der Waals surface area contributed by atoms with E-state index in [2.05, 4.69) is 14.7 Å². The molecule has 3 N–H and O–H groups in total. The lowest BCUT2D eigenvalue weighted by molar-refractivity contribution is 0.581. The molecular formula is C20H20N4O2S. The minimum absolute atomic E-state index is 0.0849. The molecule has 2 aromatic heterocycles. The number of pyridine rings is 2. The molecule has 1 aliphatic rings. The van der Waals surface area contributed by atoms with E-state index in [1.165, 1.54) is 0 Å². The number of hydrogen-bond donors (Lipinski definition) is 2. The van der Waals surface area contributed by atoms with E-state index in [-0.39, 0.29) is 10.9 Å². The van der Waals surface area contributed by atoms with Gasteiger partial charge < -0.3 is 5.73 Å². The van der Waals surface area contributed by atoms with Crippen LogP contribution >= 0.6 is 0 Å². The number of nitrogen functional groups attached to an aromatic ring is 1. The van der Waals surface area contributed by atoms with Crippen molar-refractivity contribution in [3.8, 4) is 22.3 Å². The molecule has 0 saturated heterocycles. The van der Waals surface area contributed by atoms with Crippen molar-refractivity contribution in [3.63, 3.8) is 0 Å². The number of benzene rings is 1. The van der Waals surface area contributed by atoms with Gasteiger partial charge in [-0.3, -0.25) is 4.98 Å². The summed E-state index contributed by atoms with van der Waals surface area (Å²) in [6.07, 6.45) is 5.27. The van der Waals surface area contributed by atoms with Gasteiger partial charge in [0.1, 0.15) is 5.82 Å². The molecule has 0 unspecified atom stereocenters. The molecule has 0 bridgehead atoms. The highest BCUT2D eigenvalue weighted by Crippen LogP contribution is 2.30. The monoisotopic (exact) mass is 380 g/mol. The number of hydrogen-bond acceptors (Lipinski definition) is 5. The van der Waals surface area contributed by atoms with Crippen molar-refractivity contribution in [3.05, 3.63) is 60.6 Å². The molecule has 0 aliphatic heterocycles. The Morgan fingerprint density at radius 1 is 0.963 bits per heavy atom. The van der Waals surface area contributed by atoms with Crippen LogP contribution in [0.15, 0.2) is 59.8 Å². The molecule has 7 heteroatoms. The summed E-state index contributed by atoms with van der Waals surface area (Å²) in [5.74, 6) is 0.428. The molecule has 3 aromatic rings. The molecule has 1 fully saturated rings. The fourth-order valence-corrected chi connectivity index (χ4v) is 4.11. The number of aryl methyl sites for hydroxylation is 1. The largest absolute Gasteiger partial charge is 0.383 e. The quantitative estimate of drug-likeness (QED) is 0.709. The maximum absolute atomic E-state index is 12.3. The molecule has 27 heavy (non-hydrogen) atoms. The lowest BCUT2D eigenvalue weighted by Crippen LogP contribution is -2.25. The SMILES string of the molecule is Cc1ccc(-c2cc(-c3ccc(S(=O)(=O)NC4CC4)cc3)cnc2N)cn1. The molecule has 1 aromatic carbocycles. The Morgan fingerprint density at radius 3 is 2.26 bits per heavy atom. The van der Waals surface area contributed by atoms with Gasteiger partial charge in [0.15, 0.2) is 0 Å². The van der Waals surface area contributed by atoms with Crippen LogP contribution < -0.4 is 10.5 Å². The first-order chi connectivity index (χ1) is 12.9. The molecule has 2 heterocycles. The standard InChI is InChI=1S/C20H20N4O2S/c1-13-2-3-15(11-22-13)19-10-16(12-23-20(19)21)14-4-8-18(9-5-14)27(25,26)24-17-6-7-17/h2-5,8-12,17,24H,6-7H2,1H3,(H2,21,23). The zero-order valence-electron chi connectivity index (χ0n) is 14.9. The zero-order valence-corrected chi connectivity index (χ0v) is 15.7. The van der Waals surface area contributed by atoms with Gasteiger partial charge in [0.25, 0.3) is 0 Å². The summed E-state index contributed by atoms with van der Waals surface area (Å²) in [4.78, 5) is 8.87. The van der Waals surface area contributed by atoms with Crippen molar-refractivity contribution in [1.29, 1.82) is 0 Å². The minimum Gasteiger partial charge on any atom is -0.383 e. The highest BCUT2D eigenvalue weighted by molar-refractivity contribution is 7.89. The van der Waals surface area contributed by atoms with Crippen LogP contribution in [0.5, 0.6) is 0 Å². The molecule has 0 amide bonds. The third kappa shape index (κ3) is 3.84. The fraction of sp³-hybridized carbons (Fsp3) is 0.200. The van der Waals surface area contributed by atoms with E-state index in [1.54, 1.807) is 36.7 Å². The van der Waals surface area contributed by atoms with E-state index in [0.29, 0.717) is 5.82 Å². The Hall–Kier alpha value is -2.77. The summed E-state index contributed by atoms with van der Waals surface area (Å²) in [5, 5.41) is 0. The van der Waals surface area contributed by atoms with E-state index in [9.17, 15) is 8.42 Å². The molecule has 1 saturated carbocycles. The van der Waals surface area contributed by atoms with Crippen LogP contribution in [-0.2, 0) is 10.0 Å². The average molecular weight is 380 g/mol. The first-order valence-corrected chi connectivity index (χ1v) is 10.2. The summed E-state index contributed by atoms with van der Waals surface area (Å²) in [7, 11) is -3.45. The van der Waals surface area contributed by atoms with E-state index in [4.69, 9.17) is 5.73 Å². The highest BCUT2D eigenvalue weighted by Gasteiger charge is 2.27. The van der Waals surface area contributed by atoms with Crippen molar-refractivity contribution in [2.75, 3.05) is 5.73 Å². The number of anilines is 1. The first kappa shape index (κ1) is 17.6. The summed E-state index contributed by atoms with van der Waals surface area (Å²) in [6.45, 7) is 1.93. The highest BCUT2D eigenvalue weighted by atomic mass is 32.2. The van der Waals surface area contributed by atoms with Gasteiger partial charge in [0.05, 0.1) is 4.90 Å². The van der Waals surface area contributed by atoms with Gasteiger partial charge in [0.2, 0.25) is 10.0 Å². The normalized spacial score (nSPS) is 14.3. The second-order valence-electron chi connectivity index (χ2n) is 6.76. The third-order valence-corrected chi connectivity index (χ3v) is 6.07. The van der Waals surface area contributed by atoms with Crippen molar-refractivity contribution >= 4 is 15.8 Å². The fourth-order valence-electron chi connectivity index (χ4n) is 2.81. The van der Waals surface area contributed by atoms with Crippen LogP contribution in [0.25, 0.3) is 22.3 Å². The van der Waals surface area contributed by atoms with Gasteiger partial charge in [-0.15, -0.1) is 0 Å². The molecule has 0 spiro atoms. The van der Waals surface area contributed by atoms with Gasteiger partial charge in [-0.25, -0.2) is 18.1 Å². The number of aromatic nitrogens is 2. The number of rotatable bonds is 5. The van der Waals surface area contributed by atoms with Crippen molar-refractivity contribution in [2.24, 2.45) is 0 Å². The lowest BCUT2D eigenvalue weighted by Gasteiger charge is -2.10. The van der Waals surface area contributed by atoms with Gasteiger partial charge in [-0.1, -0.05) is 18.2 Å². The Morgan fingerprint density at radius 2 is 1.63 bits per heavy atom. The maximum Gasteiger partial charge on any atom is 0.240 e. The summed E-state index contributed by atoms with van der Waals surface area (Å²) in [5.41, 5.74) is 10.4. The van der Waals surface area contributed by atoms with Gasteiger partial charge >= 0.3 is 0 Å². The van der Waals surface area contributed by atoms with Crippen molar-refractivity contribution < 1.29 is 8.42 Å². The molecule has 4 rings (SSSR count). The van der Waals surface area contributed by atoms with Crippen LogP contribution in [0.1, 0.15) is 18.5 Å². The molecule has 0 atom stereocenters. The van der Waals surface area contributed by atoms with E-state index < -0.39 is 10.0 Å². The lowest BCUT2D eigenvalue weighted by atomic mass is 10.0. The molecule has 1 aliphatic carbocycles. The maximum atomic E-state index is 12.3. The topological polar surface area (TPSA) is 98.0 Å². The van der Waals surface area contributed by atoms with Crippen molar-refractivity contribution in [1.82, 2.24) is 14.7 Å². The van der Waals surface area contributed by atoms with Crippen LogP contribution in [0, 0.1) is 6.92 Å². The summed E-state index contributed by atoms with van der Waals surface area (Å²) < 4.78 is 27.3. The summed E-state index contributed by atoms with van der Waals surface area (Å²) in [6, 6.07) is 12.7. The average Bonchev–Trinajstić information content (AvgIpc) is 3.46. The number of nitrogens with one attached hydrogen (secondary N) is 1. The van der Waals surface area contributed by atoms with Crippen LogP contribution in [0.2, 0.25) is 0 Å². The van der Waals surface area contributed by atoms with E-state index in [1.807, 2.05) is 25.1 Å². The predicted molar refractivity (Wildman–Crippen MR) is 105 cm³/mol. The van der Waals surface area contributed by atoms with Gasteiger partial charge in [-0.2, -0.15) is 0 Å². The Bertz CT molecular complexity index is 1070. The van der Waals surface area contributed by atoms with Gasteiger partial charge in [0, 0.05) is 40.8 Å². The third-order valence-electron chi connectivity index (χ3n) is 4.54. The Labute approximate surface area is 158 Å². The van der Waals surface area contributed by atoms with Crippen LogP contribution in [0.4, 0.5) is 5.82 Å². The predicted octanol–water partition coefficient (Wildman–Crippen LogP) is 3.14. The second-order valence-corrected chi connectivity index (χ2v) is 8.48. The number of nitrogens with zero attached hydrogens (tertiary/aromatic N) is 2. The summed E-state index contributed by atoms with van der Waals surface area (Å²) >= 11 is 0. The second kappa shape index (κ2) is 6.75. The zero-order chi connectivity index (χ0) is 19.0. The smallest absolute Gasteiger partial charge is 0.240 e. The first-order valence-electron chi connectivity index (χ1n) is 8.74. The minimum atomic E-state index is -3.45. The van der Waals surface area contributed by atoms with Gasteiger partial charge in [-0.05, 0) is 49.6 Å².